The third-order valence-electron chi connectivity index (χ3n) is 2.04. The molecule has 0 heterocycles. The van der Waals surface area contributed by atoms with Gasteiger partial charge in [0, 0.05) is 9.85 Å². The van der Waals surface area contributed by atoms with E-state index in [9.17, 15) is 0 Å². The quantitative estimate of drug-likeness (QED) is 0.714. The van der Waals surface area contributed by atoms with Crippen molar-refractivity contribution in [3.8, 4) is 0 Å². The van der Waals surface area contributed by atoms with E-state index in [0.29, 0.717) is 5.92 Å². The fraction of sp³-hybridized carbons (Fsp3) is 0.455. The van der Waals surface area contributed by atoms with E-state index >= 15 is 0 Å². The maximum Gasteiger partial charge on any atom is 0.0399 e. The first-order chi connectivity index (χ1) is 6.09. The lowest BCUT2D eigenvalue weighted by Crippen LogP contribution is -2.10. The fourth-order valence-electron chi connectivity index (χ4n) is 1.12. The Bertz CT molecular complexity index is 271. The SMILES string of the molecule is CC(C)C(Cl)Cc1cccc(Br)c1. The highest BCUT2D eigenvalue weighted by molar-refractivity contribution is 9.10. The highest BCUT2D eigenvalue weighted by Crippen LogP contribution is 2.18. The van der Waals surface area contributed by atoms with E-state index in [1.807, 2.05) is 12.1 Å². The summed E-state index contributed by atoms with van der Waals surface area (Å²) in [5, 5.41) is 0.231. The highest BCUT2D eigenvalue weighted by atomic mass is 79.9. The van der Waals surface area contributed by atoms with E-state index in [4.69, 9.17) is 11.6 Å². The van der Waals surface area contributed by atoms with Crippen LogP contribution in [-0.2, 0) is 6.42 Å². The molecule has 0 aliphatic rings. The Labute approximate surface area is 93.4 Å². The Hall–Kier alpha value is -0.0100. The summed E-state index contributed by atoms with van der Waals surface area (Å²) in [5.41, 5.74) is 1.29. The van der Waals surface area contributed by atoms with Crippen LogP contribution in [0.2, 0.25) is 0 Å². The molecule has 0 radical (unpaired) electrons. The zero-order valence-electron chi connectivity index (χ0n) is 7.93. The van der Waals surface area contributed by atoms with Crippen molar-refractivity contribution in [2.24, 2.45) is 5.92 Å². The molecule has 0 fully saturated rings. The number of benzene rings is 1. The zero-order chi connectivity index (χ0) is 9.84. The molecule has 0 aliphatic heterocycles. The minimum Gasteiger partial charge on any atom is -0.122 e. The van der Waals surface area contributed by atoms with Gasteiger partial charge in [-0.15, -0.1) is 11.6 Å². The maximum atomic E-state index is 6.19. The van der Waals surface area contributed by atoms with Crippen molar-refractivity contribution in [3.05, 3.63) is 34.3 Å². The molecule has 0 aliphatic carbocycles. The summed E-state index contributed by atoms with van der Waals surface area (Å²) in [6.45, 7) is 4.30. The average molecular weight is 262 g/mol. The lowest BCUT2D eigenvalue weighted by atomic mass is 10.0. The molecule has 0 nitrogen and oxygen atoms in total. The van der Waals surface area contributed by atoms with Crippen LogP contribution in [0.3, 0.4) is 0 Å². The minimum absolute atomic E-state index is 0.231. The molecule has 0 N–H and O–H groups in total. The van der Waals surface area contributed by atoms with Gasteiger partial charge >= 0.3 is 0 Å². The van der Waals surface area contributed by atoms with Gasteiger partial charge in [-0.3, -0.25) is 0 Å². The van der Waals surface area contributed by atoms with E-state index in [-0.39, 0.29) is 5.38 Å². The van der Waals surface area contributed by atoms with Gasteiger partial charge in [-0.1, -0.05) is 41.9 Å². The number of hydrogen-bond donors (Lipinski definition) is 0. The molecular weight excluding hydrogens is 247 g/mol. The number of halogens is 2. The van der Waals surface area contributed by atoms with Crippen LogP contribution in [0.1, 0.15) is 19.4 Å². The molecule has 0 aromatic heterocycles. The van der Waals surface area contributed by atoms with Crippen molar-refractivity contribution in [2.45, 2.75) is 25.6 Å². The summed E-state index contributed by atoms with van der Waals surface area (Å²) in [6, 6.07) is 8.31. The summed E-state index contributed by atoms with van der Waals surface area (Å²) < 4.78 is 1.12. The van der Waals surface area contributed by atoms with Crippen LogP contribution >= 0.6 is 27.5 Å². The Morgan fingerprint density at radius 2 is 2.08 bits per heavy atom. The fourth-order valence-corrected chi connectivity index (χ4v) is 1.75. The first kappa shape index (κ1) is 11.1. The lowest BCUT2D eigenvalue weighted by molar-refractivity contribution is 0.596. The molecule has 13 heavy (non-hydrogen) atoms. The third-order valence-corrected chi connectivity index (χ3v) is 3.19. The topological polar surface area (TPSA) is 0 Å². The lowest BCUT2D eigenvalue weighted by Gasteiger charge is -2.12. The molecular formula is C11H14BrCl. The van der Waals surface area contributed by atoms with Crippen molar-refractivity contribution < 1.29 is 0 Å². The van der Waals surface area contributed by atoms with Crippen molar-refractivity contribution >= 4 is 27.5 Å². The zero-order valence-corrected chi connectivity index (χ0v) is 10.3. The summed E-state index contributed by atoms with van der Waals surface area (Å²) >= 11 is 9.63. The molecule has 0 saturated heterocycles. The van der Waals surface area contributed by atoms with E-state index in [0.717, 1.165) is 10.9 Å². The second-order valence-electron chi connectivity index (χ2n) is 3.59. The number of alkyl halides is 1. The Kier molecular flexibility index (Phi) is 4.27. The average Bonchev–Trinajstić information content (AvgIpc) is 2.04. The van der Waals surface area contributed by atoms with Gasteiger partial charge in [0.1, 0.15) is 0 Å². The van der Waals surface area contributed by atoms with Crippen LogP contribution in [0.25, 0.3) is 0 Å². The summed E-state index contributed by atoms with van der Waals surface area (Å²) in [6.07, 6.45) is 0.943. The van der Waals surface area contributed by atoms with E-state index in [1.165, 1.54) is 5.56 Å². The second kappa shape index (κ2) is 5.02. The first-order valence-electron chi connectivity index (χ1n) is 4.48. The van der Waals surface area contributed by atoms with E-state index < -0.39 is 0 Å². The van der Waals surface area contributed by atoms with Crippen molar-refractivity contribution in [2.75, 3.05) is 0 Å². The molecule has 0 amide bonds. The van der Waals surface area contributed by atoms with Gasteiger partial charge < -0.3 is 0 Å². The monoisotopic (exact) mass is 260 g/mol. The van der Waals surface area contributed by atoms with Crippen LogP contribution in [0, 0.1) is 5.92 Å². The van der Waals surface area contributed by atoms with E-state index in [2.05, 4.69) is 41.9 Å². The Morgan fingerprint density at radius 1 is 1.38 bits per heavy atom. The Morgan fingerprint density at radius 3 is 2.62 bits per heavy atom. The van der Waals surface area contributed by atoms with Crippen LogP contribution in [0.15, 0.2) is 28.7 Å². The summed E-state index contributed by atoms with van der Waals surface area (Å²) in [7, 11) is 0. The largest absolute Gasteiger partial charge is 0.122 e. The third kappa shape index (κ3) is 3.70. The molecule has 72 valence electrons. The summed E-state index contributed by atoms with van der Waals surface area (Å²) in [5.74, 6) is 0.528. The predicted octanol–water partition coefficient (Wildman–Crippen LogP) is 4.26. The number of rotatable bonds is 3. The van der Waals surface area contributed by atoms with Gasteiger partial charge in [-0.05, 0) is 30.0 Å². The first-order valence-corrected chi connectivity index (χ1v) is 5.71. The van der Waals surface area contributed by atoms with Crippen molar-refractivity contribution in [1.82, 2.24) is 0 Å². The van der Waals surface area contributed by atoms with Crippen LogP contribution in [-0.4, -0.2) is 5.38 Å². The molecule has 0 spiro atoms. The standard InChI is InChI=1S/C11H14BrCl/c1-8(2)11(13)7-9-4-3-5-10(12)6-9/h3-6,8,11H,7H2,1-2H3. The molecule has 1 unspecified atom stereocenters. The van der Waals surface area contributed by atoms with Gasteiger partial charge in [0.25, 0.3) is 0 Å². The predicted molar refractivity (Wildman–Crippen MR) is 62.3 cm³/mol. The van der Waals surface area contributed by atoms with Crippen LogP contribution < -0.4 is 0 Å². The van der Waals surface area contributed by atoms with Gasteiger partial charge in [0.15, 0.2) is 0 Å². The van der Waals surface area contributed by atoms with Crippen molar-refractivity contribution in [1.29, 1.82) is 0 Å². The van der Waals surface area contributed by atoms with Gasteiger partial charge in [0.05, 0.1) is 0 Å². The van der Waals surface area contributed by atoms with Gasteiger partial charge in [0.2, 0.25) is 0 Å². The van der Waals surface area contributed by atoms with Crippen molar-refractivity contribution in [3.63, 3.8) is 0 Å². The maximum absolute atomic E-state index is 6.19. The molecule has 1 atom stereocenters. The second-order valence-corrected chi connectivity index (χ2v) is 5.07. The molecule has 1 aromatic rings. The minimum atomic E-state index is 0.231. The molecule has 0 saturated carbocycles. The highest BCUT2D eigenvalue weighted by Gasteiger charge is 2.09. The smallest absolute Gasteiger partial charge is 0.0399 e. The van der Waals surface area contributed by atoms with Gasteiger partial charge in [-0.25, -0.2) is 0 Å². The van der Waals surface area contributed by atoms with E-state index in [1.54, 1.807) is 0 Å². The summed E-state index contributed by atoms with van der Waals surface area (Å²) in [4.78, 5) is 0. The number of hydrogen-bond acceptors (Lipinski definition) is 0. The van der Waals surface area contributed by atoms with Crippen LogP contribution in [0.4, 0.5) is 0 Å². The molecule has 1 aromatic carbocycles. The molecule has 1 rings (SSSR count). The van der Waals surface area contributed by atoms with Crippen LogP contribution in [0.5, 0.6) is 0 Å². The van der Waals surface area contributed by atoms with Gasteiger partial charge in [-0.2, -0.15) is 0 Å². The molecule has 0 bridgehead atoms. The Balaban J connectivity index is 2.64. The molecule has 2 heteroatoms. The normalized spacial score (nSPS) is 13.3.